The minimum atomic E-state index is -0.334. The van der Waals surface area contributed by atoms with E-state index in [1.54, 1.807) is 6.07 Å². The van der Waals surface area contributed by atoms with Crippen LogP contribution in [0.2, 0.25) is 0 Å². The van der Waals surface area contributed by atoms with E-state index >= 15 is 0 Å². The zero-order valence-corrected chi connectivity index (χ0v) is 11.1. The summed E-state index contributed by atoms with van der Waals surface area (Å²) in [7, 11) is 0. The van der Waals surface area contributed by atoms with Crippen LogP contribution in [0.25, 0.3) is 0 Å². The van der Waals surface area contributed by atoms with Crippen LogP contribution in [0.1, 0.15) is 17.7 Å². The lowest BCUT2D eigenvalue weighted by Gasteiger charge is -2.09. The Morgan fingerprint density at radius 2 is 2.11 bits per heavy atom. The Labute approximate surface area is 112 Å². The second-order valence-electron chi connectivity index (χ2n) is 4.13. The maximum Gasteiger partial charge on any atom is 0.225 e. The average molecular weight is 309 g/mol. The largest absolute Gasteiger partial charge is 0.437 e. The van der Waals surface area contributed by atoms with E-state index in [9.17, 15) is 4.39 Å². The summed E-state index contributed by atoms with van der Waals surface area (Å²) in [5.41, 5.74) is 2.07. The summed E-state index contributed by atoms with van der Waals surface area (Å²) in [6, 6.07) is 4.33. The van der Waals surface area contributed by atoms with Gasteiger partial charge in [0.2, 0.25) is 5.88 Å². The molecule has 18 heavy (non-hydrogen) atoms. The van der Waals surface area contributed by atoms with Gasteiger partial charge in [-0.05, 0) is 47.3 Å². The fourth-order valence-corrected chi connectivity index (χ4v) is 2.40. The molecule has 0 spiro atoms. The van der Waals surface area contributed by atoms with E-state index in [1.807, 2.05) is 0 Å². The minimum Gasteiger partial charge on any atom is -0.437 e. The molecule has 0 radical (unpaired) electrons. The highest BCUT2D eigenvalue weighted by molar-refractivity contribution is 9.10. The third-order valence-corrected chi connectivity index (χ3v) is 3.59. The number of aryl methyl sites for hydroxylation is 1. The number of fused-ring (bicyclic) bond motifs is 1. The number of aromatic nitrogens is 2. The van der Waals surface area contributed by atoms with Crippen LogP contribution in [-0.4, -0.2) is 9.97 Å². The highest BCUT2D eigenvalue weighted by atomic mass is 79.9. The van der Waals surface area contributed by atoms with Crippen molar-refractivity contribution in [3.63, 3.8) is 0 Å². The zero-order chi connectivity index (χ0) is 12.5. The molecule has 0 saturated carbocycles. The Balaban J connectivity index is 1.98. The summed E-state index contributed by atoms with van der Waals surface area (Å²) in [4.78, 5) is 8.36. The normalized spacial score (nSPS) is 13.4. The molecule has 0 bridgehead atoms. The van der Waals surface area contributed by atoms with Crippen molar-refractivity contribution in [3.8, 4) is 11.6 Å². The van der Waals surface area contributed by atoms with Crippen molar-refractivity contribution in [2.24, 2.45) is 0 Å². The number of benzene rings is 1. The maximum absolute atomic E-state index is 13.2. The molecule has 5 heteroatoms. The van der Waals surface area contributed by atoms with Crippen molar-refractivity contribution in [1.29, 1.82) is 0 Å². The second-order valence-corrected chi connectivity index (χ2v) is 4.99. The fraction of sp³-hybridized carbons (Fsp3) is 0.231. The quantitative estimate of drug-likeness (QED) is 0.849. The third kappa shape index (κ3) is 2.10. The Morgan fingerprint density at radius 1 is 1.22 bits per heavy atom. The highest BCUT2D eigenvalue weighted by Crippen LogP contribution is 2.34. The first-order valence-corrected chi connectivity index (χ1v) is 6.49. The predicted octanol–water partition coefficient (Wildman–Crippen LogP) is 3.66. The van der Waals surface area contributed by atoms with Gasteiger partial charge in [0.05, 0.1) is 10.2 Å². The lowest BCUT2D eigenvalue weighted by Crippen LogP contribution is -1.97. The summed E-state index contributed by atoms with van der Waals surface area (Å²) < 4.78 is 19.6. The van der Waals surface area contributed by atoms with Gasteiger partial charge < -0.3 is 4.74 Å². The SMILES string of the molecule is Fc1ccc(Br)c(Oc2ncnc3c2CCC3)c1. The van der Waals surface area contributed by atoms with Crippen molar-refractivity contribution in [2.75, 3.05) is 0 Å². The highest BCUT2D eigenvalue weighted by Gasteiger charge is 2.19. The summed E-state index contributed by atoms with van der Waals surface area (Å²) in [5.74, 6) is 0.630. The Morgan fingerprint density at radius 3 is 3.00 bits per heavy atom. The van der Waals surface area contributed by atoms with Crippen molar-refractivity contribution in [3.05, 3.63) is 46.1 Å². The molecular formula is C13H10BrFN2O. The molecule has 0 amide bonds. The number of hydrogen-bond donors (Lipinski definition) is 0. The number of halogens is 2. The molecule has 1 aliphatic carbocycles. The molecule has 1 aromatic heterocycles. The number of ether oxygens (including phenoxy) is 1. The molecule has 0 saturated heterocycles. The fourth-order valence-electron chi connectivity index (χ4n) is 2.08. The predicted molar refractivity (Wildman–Crippen MR) is 68.2 cm³/mol. The Hall–Kier alpha value is -1.49. The molecule has 1 aromatic carbocycles. The smallest absolute Gasteiger partial charge is 0.225 e. The van der Waals surface area contributed by atoms with Gasteiger partial charge in [0.25, 0.3) is 0 Å². The molecule has 0 fully saturated rings. The van der Waals surface area contributed by atoms with Gasteiger partial charge in [0, 0.05) is 11.6 Å². The molecule has 2 aromatic rings. The van der Waals surface area contributed by atoms with Gasteiger partial charge in [-0.1, -0.05) is 0 Å². The molecule has 3 nitrogen and oxygen atoms in total. The minimum absolute atomic E-state index is 0.334. The molecule has 0 unspecified atom stereocenters. The van der Waals surface area contributed by atoms with Gasteiger partial charge in [-0.25, -0.2) is 14.4 Å². The number of nitrogens with zero attached hydrogens (tertiary/aromatic N) is 2. The third-order valence-electron chi connectivity index (χ3n) is 2.94. The van der Waals surface area contributed by atoms with E-state index in [4.69, 9.17) is 4.74 Å². The van der Waals surface area contributed by atoms with Crippen LogP contribution >= 0.6 is 15.9 Å². The average Bonchev–Trinajstić information content (AvgIpc) is 2.83. The van der Waals surface area contributed by atoms with Crippen LogP contribution < -0.4 is 4.74 Å². The Kier molecular flexibility index (Phi) is 2.99. The summed E-state index contributed by atoms with van der Waals surface area (Å²) in [6.45, 7) is 0. The molecule has 3 rings (SSSR count). The topological polar surface area (TPSA) is 35.0 Å². The van der Waals surface area contributed by atoms with Crippen LogP contribution in [0.3, 0.4) is 0 Å². The molecule has 92 valence electrons. The van der Waals surface area contributed by atoms with Crippen LogP contribution in [-0.2, 0) is 12.8 Å². The van der Waals surface area contributed by atoms with E-state index in [0.29, 0.717) is 16.1 Å². The van der Waals surface area contributed by atoms with E-state index in [0.717, 1.165) is 30.5 Å². The van der Waals surface area contributed by atoms with E-state index in [1.165, 1.54) is 18.5 Å². The van der Waals surface area contributed by atoms with Crippen LogP contribution in [0.15, 0.2) is 29.0 Å². The molecule has 0 atom stereocenters. The van der Waals surface area contributed by atoms with Gasteiger partial charge in [-0.2, -0.15) is 0 Å². The van der Waals surface area contributed by atoms with E-state index in [-0.39, 0.29) is 5.82 Å². The Bertz CT molecular complexity index is 604. The molecule has 0 N–H and O–H groups in total. The molecule has 1 aliphatic rings. The molecule has 0 aliphatic heterocycles. The lowest BCUT2D eigenvalue weighted by atomic mass is 10.2. The summed E-state index contributed by atoms with van der Waals surface area (Å²) in [6.07, 6.45) is 4.43. The van der Waals surface area contributed by atoms with Crippen molar-refractivity contribution >= 4 is 15.9 Å². The first-order chi connectivity index (χ1) is 8.74. The van der Waals surface area contributed by atoms with Gasteiger partial charge in [-0.15, -0.1) is 0 Å². The molecular weight excluding hydrogens is 299 g/mol. The maximum atomic E-state index is 13.2. The summed E-state index contributed by atoms with van der Waals surface area (Å²) in [5, 5.41) is 0. The number of hydrogen-bond acceptors (Lipinski definition) is 3. The van der Waals surface area contributed by atoms with Gasteiger partial charge in [-0.3, -0.25) is 0 Å². The lowest BCUT2D eigenvalue weighted by molar-refractivity contribution is 0.448. The standard InChI is InChI=1S/C13H10BrFN2O/c14-10-5-4-8(15)6-12(10)18-13-9-2-1-3-11(9)16-7-17-13/h4-7H,1-3H2. The van der Waals surface area contributed by atoms with E-state index in [2.05, 4.69) is 25.9 Å². The van der Waals surface area contributed by atoms with E-state index < -0.39 is 0 Å². The molecule has 1 heterocycles. The first kappa shape index (κ1) is 11.6. The van der Waals surface area contributed by atoms with Gasteiger partial charge in [0.15, 0.2) is 0 Å². The van der Waals surface area contributed by atoms with Crippen molar-refractivity contribution in [1.82, 2.24) is 9.97 Å². The van der Waals surface area contributed by atoms with Crippen molar-refractivity contribution < 1.29 is 9.13 Å². The van der Waals surface area contributed by atoms with Gasteiger partial charge in [0.1, 0.15) is 17.9 Å². The van der Waals surface area contributed by atoms with Crippen LogP contribution in [0, 0.1) is 5.82 Å². The van der Waals surface area contributed by atoms with Gasteiger partial charge >= 0.3 is 0 Å². The zero-order valence-electron chi connectivity index (χ0n) is 9.49. The van der Waals surface area contributed by atoms with Crippen molar-refractivity contribution in [2.45, 2.75) is 19.3 Å². The van der Waals surface area contributed by atoms with Crippen LogP contribution in [0.4, 0.5) is 4.39 Å². The summed E-state index contributed by atoms with van der Waals surface area (Å²) >= 11 is 3.33. The monoisotopic (exact) mass is 308 g/mol. The second kappa shape index (κ2) is 4.65. The van der Waals surface area contributed by atoms with Crippen LogP contribution in [0.5, 0.6) is 11.6 Å². The first-order valence-electron chi connectivity index (χ1n) is 5.69. The number of rotatable bonds is 2.